The summed E-state index contributed by atoms with van der Waals surface area (Å²) in [6.45, 7) is 6.23. The zero-order chi connectivity index (χ0) is 16.8. The monoisotopic (exact) mass is 307 g/mol. The van der Waals surface area contributed by atoms with Gasteiger partial charge in [-0.2, -0.15) is 0 Å². The molecule has 124 valence electrons. The minimum Gasteiger partial charge on any atom is -0.388 e. The summed E-state index contributed by atoms with van der Waals surface area (Å²) >= 11 is 0. The number of anilines is 2. The minimum absolute atomic E-state index is 0.237. The number of nitrogens with zero attached hydrogens (tertiary/aromatic N) is 1. The molecule has 1 unspecified atom stereocenters. The van der Waals surface area contributed by atoms with Crippen molar-refractivity contribution < 1.29 is 9.90 Å². The van der Waals surface area contributed by atoms with Crippen molar-refractivity contribution in [2.45, 2.75) is 39.2 Å². The van der Waals surface area contributed by atoms with Crippen LogP contribution in [0.4, 0.5) is 16.2 Å². The average Bonchev–Trinajstić information content (AvgIpc) is 2.44. The van der Waals surface area contributed by atoms with Gasteiger partial charge in [0.2, 0.25) is 0 Å². The van der Waals surface area contributed by atoms with E-state index in [-0.39, 0.29) is 12.6 Å². The number of carbonyl (C=O) groups excluding carboxylic acids is 1. The lowest BCUT2D eigenvalue weighted by Gasteiger charge is -2.24. The molecule has 0 fully saturated rings. The lowest BCUT2D eigenvalue weighted by atomic mass is 9.95. The number of hydrogen-bond acceptors (Lipinski definition) is 3. The molecule has 0 aliphatic carbocycles. The molecule has 0 aliphatic heterocycles. The summed E-state index contributed by atoms with van der Waals surface area (Å²) in [7, 11) is 3.93. The summed E-state index contributed by atoms with van der Waals surface area (Å²) in [5.74, 6) is 0.538. The predicted octanol–water partition coefficient (Wildman–Crippen LogP) is 3.06. The van der Waals surface area contributed by atoms with Crippen molar-refractivity contribution in [2.75, 3.05) is 30.9 Å². The largest absolute Gasteiger partial charge is 0.388 e. The van der Waals surface area contributed by atoms with E-state index < -0.39 is 5.60 Å². The third-order valence-corrected chi connectivity index (χ3v) is 3.53. The molecule has 1 atom stereocenters. The van der Waals surface area contributed by atoms with Crippen molar-refractivity contribution in [1.29, 1.82) is 0 Å². The fourth-order valence-electron chi connectivity index (χ4n) is 1.98. The smallest absolute Gasteiger partial charge is 0.319 e. The van der Waals surface area contributed by atoms with Crippen molar-refractivity contribution in [1.82, 2.24) is 5.32 Å². The Balaban J connectivity index is 2.42. The molecule has 22 heavy (non-hydrogen) atoms. The fourth-order valence-corrected chi connectivity index (χ4v) is 1.98. The van der Waals surface area contributed by atoms with Gasteiger partial charge in [0.05, 0.1) is 5.60 Å². The molecular formula is C17H29N3O2. The van der Waals surface area contributed by atoms with E-state index >= 15 is 0 Å². The van der Waals surface area contributed by atoms with E-state index in [0.29, 0.717) is 12.3 Å². The maximum Gasteiger partial charge on any atom is 0.319 e. The van der Waals surface area contributed by atoms with Gasteiger partial charge >= 0.3 is 6.03 Å². The first kappa shape index (κ1) is 18.3. The molecule has 0 aromatic heterocycles. The van der Waals surface area contributed by atoms with E-state index in [1.54, 1.807) is 6.92 Å². The third kappa shape index (κ3) is 6.80. The van der Waals surface area contributed by atoms with Gasteiger partial charge in [0.15, 0.2) is 0 Å². The molecule has 0 spiro atoms. The molecule has 1 aromatic rings. The second kappa shape index (κ2) is 8.03. The van der Waals surface area contributed by atoms with Crippen molar-refractivity contribution in [3.63, 3.8) is 0 Å². The van der Waals surface area contributed by atoms with Crippen LogP contribution in [0.1, 0.15) is 33.6 Å². The third-order valence-electron chi connectivity index (χ3n) is 3.53. The van der Waals surface area contributed by atoms with Crippen LogP contribution in [0.5, 0.6) is 0 Å². The summed E-state index contributed by atoms with van der Waals surface area (Å²) in [4.78, 5) is 13.9. The highest BCUT2D eigenvalue weighted by Crippen LogP contribution is 2.17. The molecule has 0 heterocycles. The van der Waals surface area contributed by atoms with Gasteiger partial charge < -0.3 is 20.6 Å². The summed E-state index contributed by atoms with van der Waals surface area (Å²) < 4.78 is 0. The number of carbonyl (C=O) groups is 1. The summed E-state index contributed by atoms with van der Waals surface area (Å²) in [6.07, 6.45) is 1.60. The van der Waals surface area contributed by atoms with Crippen LogP contribution >= 0.6 is 0 Å². The van der Waals surface area contributed by atoms with Crippen LogP contribution in [0, 0.1) is 5.92 Å². The Morgan fingerprint density at radius 2 is 1.86 bits per heavy atom. The second-order valence-electron chi connectivity index (χ2n) is 6.68. The van der Waals surface area contributed by atoms with Crippen molar-refractivity contribution >= 4 is 17.4 Å². The van der Waals surface area contributed by atoms with Gasteiger partial charge in [-0.15, -0.1) is 0 Å². The number of amides is 2. The standard InChI is InChI=1S/C17H29N3O2/c1-13(2)10-11-17(3,22)12-18-16(21)19-14-6-8-15(9-7-14)20(4)5/h6-9,13,22H,10-12H2,1-5H3,(H2,18,19,21). The molecule has 0 aliphatic rings. The lowest BCUT2D eigenvalue weighted by Crippen LogP contribution is -2.42. The van der Waals surface area contributed by atoms with E-state index in [1.807, 2.05) is 43.3 Å². The molecular weight excluding hydrogens is 278 g/mol. The summed E-state index contributed by atoms with van der Waals surface area (Å²) in [6, 6.07) is 7.28. The molecule has 5 heteroatoms. The highest BCUT2D eigenvalue weighted by atomic mass is 16.3. The number of nitrogens with one attached hydrogen (secondary N) is 2. The molecule has 2 amide bonds. The average molecular weight is 307 g/mol. The second-order valence-corrected chi connectivity index (χ2v) is 6.68. The molecule has 1 rings (SSSR count). The number of aliphatic hydroxyl groups is 1. The predicted molar refractivity (Wildman–Crippen MR) is 92.5 cm³/mol. The molecule has 0 saturated carbocycles. The number of rotatable bonds is 7. The Labute approximate surface area is 133 Å². The zero-order valence-electron chi connectivity index (χ0n) is 14.3. The van der Waals surface area contributed by atoms with Crippen molar-refractivity contribution in [2.24, 2.45) is 5.92 Å². The van der Waals surface area contributed by atoms with Crippen LogP contribution in [0.3, 0.4) is 0 Å². The Morgan fingerprint density at radius 3 is 2.36 bits per heavy atom. The van der Waals surface area contributed by atoms with Crippen LogP contribution in [-0.2, 0) is 0 Å². The quantitative estimate of drug-likeness (QED) is 0.725. The molecule has 0 radical (unpaired) electrons. The molecule has 3 N–H and O–H groups in total. The van der Waals surface area contributed by atoms with Gasteiger partial charge in [-0.3, -0.25) is 0 Å². The van der Waals surface area contributed by atoms with Crippen LogP contribution in [0.2, 0.25) is 0 Å². The maximum atomic E-state index is 11.9. The zero-order valence-corrected chi connectivity index (χ0v) is 14.3. The van der Waals surface area contributed by atoms with Crippen LogP contribution in [0.15, 0.2) is 24.3 Å². The topological polar surface area (TPSA) is 64.6 Å². The van der Waals surface area contributed by atoms with Gasteiger partial charge in [-0.25, -0.2) is 4.79 Å². The SMILES string of the molecule is CC(C)CCC(C)(O)CNC(=O)Nc1ccc(N(C)C)cc1. The van der Waals surface area contributed by atoms with Gasteiger partial charge in [0.1, 0.15) is 0 Å². The summed E-state index contributed by atoms with van der Waals surface area (Å²) in [5.41, 5.74) is 0.920. The Morgan fingerprint density at radius 1 is 1.27 bits per heavy atom. The van der Waals surface area contributed by atoms with Gasteiger partial charge in [-0.1, -0.05) is 13.8 Å². The Kier molecular flexibility index (Phi) is 6.68. The van der Waals surface area contributed by atoms with Gasteiger partial charge in [0.25, 0.3) is 0 Å². The highest BCUT2D eigenvalue weighted by Gasteiger charge is 2.21. The highest BCUT2D eigenvalue weighted by molar-refractivity contribution is 5.89. The van der Waals surface area contributed by atoms with E-state index in [1.165, 1.54) is 0 Å². The maximum absolute atomic E-state index is 11.9. The van der Waals surface area contributed by atoms with Gasteiger partial charge in [-0.05, 0) is 49.9 Å². The molecule has 0 saturated heterocycles. The van der Waals surface area contributed by atoms with Crippen LogP contribution in [0.25, 0.3) is 0 Å². The summed E-state index contributed by atoms with van der Waals surface area (Å²) in [5, 5.41) is 15.7. The first-order valence-electron chi connectivity index (χ1n) is 7.74. The van der Waals surface area contributed by atoms with Crippen LogP contribution in [-0.4, -0.2) is 37.4 Å². The number of urea groups is 1. The number of hydrogen-bond donors (Lipinski definition) is 3. The van der Waals surface area contributed by atoms with Crippen molar-refractivity contribution in [3.05, 3.63) is 24.3 Å². The molecule has 5 nitrogen and oxygen atoms in total. The first-order valence-corrected chi connectivity index (χ1v) is 7.74. The number of benzene rings is 1. The van der Waals surface area contributed by atoms with E-state index in [9.17, 15) is 9.90 Å². The first-order chi connectivity index (χ1) is 10.2. The lowest BCUT2D eigenvalue weighted by molar-refractivity contribution is 0.0481. The Hall–Kier alpha value is -1.75. The van der Waals surface area contributed by atoms with E-state index in [2.05, 4.69) is 24.5 Å². The fraction of sp³-hybridized carbons (Fsp3) is 0.588. The van der Waals surface area contributed by atoms with Crippen molar-refractivity contribution in [3.8, 4) is 0 Å². The van der Waals surface area contributed by atoms with E-state index in [0.717, 1.165) is 17.8 Å². The molecule has 0 bridgehead atoms. The Bertz CT molecular complexity index is 467. The molecule has 1 aromatic carbocycles. The van der Waals surface area contributed by atoms with Gasteiger partial charge in [0, 0.05) is 32.0 Å². The van der Waals surface area contributed by atoms with E-state index in [4.69, 9.17) is 0 Å². The normalized spacial score (nSPS) is 13.6. The minimum atomic E-state index is -0.879. The van der Waals surface area contributed by atoms with Crippen LogP contribution < -0.4 is 15.5 Å².